The maximum absolute atomic E-state index is 13.3. The fourth-order valence-electron chi connectivity index (χ4n) is 3.42. The maximum Gasteiger partial charge on any atom is 0.435 e. The van der Waals surface area contributed by atoms with E-state index in [1.807, 2.05) is 12.1 Å². The van der Waals surface area contributed by atoms with E-state index in [9.17, 15) is 18.0 Å². The molecule has 4 rings (SSSR count). The summed E-state index contributed by atoms with van der Waals surface area (Å²) >= 11 is 6.18. The summed E-state index contributed by atoms with van der Waals surface area (Å²) in [5.74, 6) is 0.416. The molecule has 0 atom stereocenters. The molecule has 0 saturated heterocycles. The van der Waals surface area contributed by atoms with E-state index < -0.39 is 11.9 Å². The Morgan fingerprint density at radius 1 is 1.00 bits per heavy atom. The first kappa shape index (κ1) is 22.6. The quantitative estimate of drug-likeness (QED) is 0.285. The molecule has 0 radical (unpaired) electrons. The molecule has 4 aromatic rings. The van der Waals surface area contributed by atoms with Crippen LogP contribution in [0.1, 0.15) is 28.7 Å². The second-order valence-electron chi connectivity index (χ2n) is 7.30. The molecule has 168 valence electrons. The molecule has 0 unspecified atom stereocenters. The van der Waals surface area contributed by atoms with Gasteiger partial charge in [0.25, 0.3) is 0 Å². The highest BCUT2D eigenvalue weighted by molar-refractivity contribution is 6.32. The average molecular weight is 471 g/mol. The van der Waals surface area contributed by atoms with Crippen LogP contribution in [-0.4, -0.2) is 15.6 Å². The monoisotopic (exact) mass is 470 g/mol. The van der Waals surface area contributed by atoms with Crippen LogP contribution in [0.15, 0.2) is 78.9 Å². The van der Waals surface area contributed by atoms with Crippen molar-refractivity contribution in [3.05, 3.63) is 101 Å². The standard InChI is InChI=1S/C25H18ClF3N2O2/c1-16(32)20-6-2-3-7-21(20)17-10-12-19(13-11-17)33-15-18-14-24(25(27,28)29)30-31(18)23-9-5-4-8-22(23)26/h2-14H,15H2,1H3. The minimum Gasteiger partial charge on any atom is -0.487 e. The molecule has 0 fully saturated rings. The zero-order chi connectivity index (χ0) is 23.6. The second-order valence-corrected chi connectivity index (χ2v) is 7.70. The van der Waals surface area contributed by atoms with Gasteiger partial charge in [-0.15, -0.1) is 0 Å². The number of carbonyl (C=O) groups excluding carboxylic acids is 1. The highest BCUT2D eigenvalue weighted by atomic mass is 35.5. The lowest BCUT2D eigenvalue weighted by Gasteiger charge is -2.11. The number of benzene rings is 3. The molecule has 4 nitrogen and oxygen atoms in total. The Balaban J connectivity index is 1.59. The van der Waals surface area contributed by atoms with Gasteiger partial charge in [-0.1, -0.05) is 60.1 Å². The fraction of sp³-hybridized carbons (Fsp3) is 0.120. The molecule has 1 aromatic heterocycles. The van der Waals surface area contributed by atoms with Crippen molar-refractivity contribution in [1.29, 1.82) is 0 Å². The number of Topliss-reactive ketones (excluding diaryl/α,β-unsaturated/α-hetero) is 1. The van der Waals surface area contributed by atoms with Gasteiger partial charge in [-0.25, -0.2) is 4.68 Å². The lowest BCUT2D eigenvalue weighted by atomic mass is 9.97. The number of nitrogens with zero attached hydrogens (tertiary/aromatic N) is 2. The molecule has 8 heteroatoms. The van der Waals surface area contributed by atoms with Crippen LogP contribution in [0.25, 0.3) is 16.8 Å². The Hall–Kier alpha value is -3.58. The van der Waals surface area contributed by atoms with Crippen LogP contribution in [0.2, 0.25) is 5.02 Å². The zero-order valence-electron chi connectivity index (χ0n) is 17.4. The Kier molecular flexibility index (Phi) is 6.24. The largest absolute Gasteiger partial charge is 0.487 e. The highest BCUT2D eigenvalue weighted by Gasteiger charge is 2.35. The first-order valence-corrected chi connectivity index (χ1v) is 10.4. The van der Waals surface area contributed by atoms with Crippen molar-refractivity contribution < 1.29 is 22.7 Å². The fourth-order valence-corrected chi connectivity index (χ4v) is 3.64. The maximum atomic E-state index is 13.3. The van der Waals surface area contributed by atoms with Gasteiger partial charge in [0.2, 0.25) is 0 Å². The van der Waals surface area contributed by atoms with Crippen molar-refractivity contribution in [3.63, 3.8) is 0 Å². The van der Waals surface area contributed by atoms with Crippen molar-refractivity contribution in [3.8, 4) is 22.6 Å². The van der Waals surface area contributed by atoms with E-state index >= 15 is 0 Å². The highest BCUT2D eigenvalue weighted by Crippen LogP contribution is 2.32. The van der Waals surface area contributed by atoms with Crippen molar-refractivity contribution in [1.82, 2.24) is 9.78 Å². The molecular weight excluding hydrogens is 453 g/mol. The summed E-state index contributed by atoms with van der Waals surface area (Å²) in [5, 5.41) is 3.97. The van der Waals surface area contributed by atoms with Crippen LogP contribution in [0, 0.1) is 0 Å². The van der Waals surface area contributed by atoms with E-state index in [0.717, 1.165) is 21.9 Å². The van der Waals surface area contributed by atoms with Crippen LogP contribution < -0.4 is 4.74 Å². The Bertz CT molecular complexity index is 1300. The molecule has 1 heterocycles. The van der Waals surface area contributed by atoms with Gasteiger partial charge in [-0.2, -0.15) is 18.3 Å². The van der Waals surface area contributed by atoms with Crippen LogP contribution >= 0.6 is 11.6 Å². The van der Waals surface area contributed by atoms with Gasteiger partial charge in [0.1, 0.15) is 12.4 Å². The lowest BCUT2D eigenvalue weighted by molar-refractivity contribution is -0.141. The summed E-state index contributed by atoms with van der Waals surface area (Å²) < 4.78 is 46.7. The number of carbonyl (C=O) groups is 1. The van der Waals surface area contributed by atoms with Gasteiger partial charge in [-0.3, -0.25) is 4.79 Å². The third-order valence-electron chi connectivity index (χ3n) is 5.01. The Labute approximate surface area is 193 Å². The Morgan fingerprint density at radius 3 is 2.33 bits per heavy atom. The first-order chi connectivity index (χ1) is 15.7. The van der Waals surface area contributed by atoms with Gasteiger partial charge in [0.05, 0.1) is 16.4 Å². The van der Waals surface area contributed by atoms with Crippen LogP contribution in [-0.2, 0) is 12.8 Å². The second kappa shape index (κ2) is 9.11. The van der Waals surface area contributed by atoms with Gasteiger partial charge in [0, 0.05) is 5.56 Å². The predicted octanol–water partition coefficient (Wildman–Crippen LogP) is 6.99. The molecule has 0 saturated carbocycles. The molecule has 33 heavy (non-hydrogen) atoms. The van der Waals surface area contributed by atoms with Gasteiger partial charge in [-0.05, 0) is 48.4 Å². The third-order valence-corrected chi connectivity index (χ3v) is 5.33. The van der Waals surface area contributed by atoms with Crippen molar-refractivity contribution >= 4 is 17.4 Å². The number of ketones is 1. The normalized spacial score (nSPS) is 11.4. The molecule has 0 aliphatic carbocycles. The lowest BCUT2D eigenvalue weighted by Crippen LogP contribution is -2.08. The van der Waals surface area contributed by atoms with Crippen LogP contribution in [0.3, 0.4) is 0 Å². The minimum atomic E-state index is -4.60. The van der Waals surface area contributed by atoms with E-state index in [1.165, 1.54) is 6.92 Å². The number of para-hydroxylation sites is 1. The number of alkyl halides is 3. The topological polar surface area (TPSA) is 44.1 Å². The van der Waals surface area contributed by atoms with E-state index in [2.05, 4.69) is 5.10 Å². The molecule has 0 aliphatic rings. The van der Waals surface area contributed by atoms with Gasteiger partial charge < -0.3 is 4.74 Å². The molecule has 0 N–H and O–H groups in total. The summed E-state index contributed by atoms with van der Waals surface area (Å²) in [5.41, 5.74) is 1.72. The number of halogens is 4. The summed E-state index contributed by atoms with van der Waals surface area (Å²) in [6.45, 7) is 1.35. The van der Waals surface area contributed by atoms with E-state index in [4.69, 9.17) is 16.3 Å². The summed E-state index contributed by atoms with van der Waals surface area (Å²) in [6, 6.07) is 21.7. The summed E-state index contributed by atoms with van der Waals surface area (Å²) in [6.07, 6.45) is -4.60. The third kappa shape index (κ3) is 4.93. The van der Waals surface area contributed by atoms with Gasteiger partial charge in [0.15, 0.2) is 11.5 Å². The van der Waals surface area contributed by atoms with E-state index in [0.29, 0.717) is 17.0 Å². The van der Waals surface area contributed by atoms with Crippen LogP contribution in [0.5, 0.6) is 5.75 Å². The number of rotatable bonds is 6. The molecule has 0 amide bonds. The number of hydrogen-bond acceptors (Lipinski definition) is 3. The molecule has 3 aromatic carbocycles. The smallest absolute Gasteiger partial charge is 0.435 e. The number of hydrogen-bond donors (Lipinski definition) is 0. The molecule has 0 aliphatic heterocycles. The number of aromatic nitrogens is 2. The molecule has 0 spiro atoms. The molecular formula is C25H18ClF3N2O2. The number of ether oxygens (including phenoxy) is 1. The molecule has 0 bridgehead atoms. The zero-order valence-corrected chi connectivity index (χ0v) is 18.2. The van der Waals surface area contributed by atoms with Crippen molar-refractivity contribution in [2.75, 3.05) is 0 Å². The minimum absolute atomic E-state index is 0.0424. The van der Waals surface area contributed by atoms with Crippen LogP contribution in [0.4, 0.5) is 13.2 Å². The first-order valence-electron chi connectivity index (χ1n) is 9.98. The average Bonchev–Trinajstić information content (AvgIpc) is 3.23. The van der Waals surface area contributed by atoms with Gasteiger partial charge >= 0.3 is 6.18 Å². The van der Waals surface area contributed by atoms with Crippen molar-refractivity contribution in [2.45, 2.75) is 19.7 Å². The van der Waals surface area contributed by atoms with E-state index in [-0.39, 0.29) is 23.1 Å². The summed E-state index contributed by atoms with van der Waals surface area (Å²) in [7, 11) is 0. The Morgan fingerprint density at radius 2 is 1.67 bits per heavy atom. The SMILES string of the molecule is CC(=O)c1ccccc1-c1ccc(OCc2cc(C(F)(F)F)nn2-c2ccccc2Cl)cc1. The van der Waals surface area contributed by atoms with E-state index in [1.54, 1.807) is 60.7 Å². The van der Waals surface area contributed by atoms with Crippen molar-refractivity contribution in [2.24, 2.45) is 0 Å². The summed E-state index contributed by atoms with van der Waals surface area (Å²) in [4.78, 5) is 11.9. The predicted molar refractivity (Wildman–Crippen MR) is 120 cm³/mol.